The van der Waals surface area contributed by atoms with Crippen molar-refractivity contribution in [3.8, 4) is 11.5 Å². The van der Waals surface area contributed by atoms with Crippen molar-refractivity contribution < 1.29 is 23.8 Å². The number of rotatable bonds is 7. The molecule has 2 aromatic carbocycles. The van der Waals surface area contributed by atoms with Gasteiger partial charge in [0, 0.05) is 29.3 Å². The Labute approximate surface area is 188 Å². The highest BCUT2D eigenvalue weighted by Crippen LogP contribution is 2.35. The first-order valence-electron chi connectivity index (χ1n) is 9.72. The van der Waals surface area contributed by atoms with Crippen LogP contribution < -0.4 is 14.4 Å². The molecule has 0 saturated carbocycles. The summed E-state index contributed by atoms with van der Waals surface area (Å²) in [5.41, 5.74) is 2.25. The first-order valence-corrected chi connectivity index (χ1v) is 10.6. The lowest BCUT2D eigenvalue weighted by Crippen LogP contribution is -2.23. The molecule has 32 heavy (non-hydrogen) atoms. The Bertz CT molecular complexity index is 1280. The van der Waals surface area contributed by atoms with Crippen LogP contribution in [0.4, 0.5) is 10.8 Å². The Morgan fingerprint density at radius 1 is 1.09 bits per heavy atom. The number of nitrogens with zero attached hydrogens (tertiary/aromatic N) is 2. The van der Waals surface area contributed by atoms with Crippen molar-refractivity contribution in [1.29, 1.82) is 0 Å². The molecular formula is C23H21N3O5S. The molecule has 0 aliphatic carbocycles. The number of hydrogen-bond acceptors (Lipinski definition) is 7. The van der Waals surface area contributed by atoms with Crippen molar-refractivity contribution in [2.75, 3.05) is 19.1 Å². The van der Waals surface area contributed by atoms with Crippen LogP contribution in [0.25, 0.3) is 10.9 Å². The number of carbonyl (C=O) groups excluding carboxylic acids is 2. The smallest absolute Gasteiger partial charge is 0.355 e. The average Bonchev–Trinajstić information content (AvgIpc) is 3.44. The molecule has 9 heteroatoms. The van der Waals surface area contributed by atoms with E-state index in [2.05, 4.69) is 9.97 Å². The van der Waals surface area contributed by atoms with E-state index in [9.17, 15) is 9.59 Å². The SMILES string of the molecule is COc1ccc2cc(C(=O)OCc3csc(N(C(C)=O)c4ccccc4OC)n3)[nH]c2c1. The van der Waals surface area contributed by atoms with E-state index in [-0.39, 0.29) is 12.5 Å². The van der Waals surface area contributed by atoms with Crippen LogP contribution in [0.15, 0.2) is 53.9 Å². The number of thiazole rings is 1. The molecule has 1 amide bonds. The highest BCUT2D eigenvalue weighted by Gasteiger charge is 2.21. The number of ether oxygens (including phenoxy) is 3. The zero-order valence-electron chi connectivity index (χ0n) is 17.7. The van der Waals surface area contributed by atoms with E-state index in [1.165, 1.54) is 23.2 Å². The Morgan fingerprint density at radius 2 is 1.91 bits per heavy atom. The molecule has 1 N–H and O–H groups in total. The van der Waals surface area contributed by atoms with Crippen LogP contribution in [0, 0.1) is 0 Å². The van der Waals surface area contributed by atoms with Gasteiger partial charge in [-0.3, -0.25) is 9.69 Å². The third-order valence-electron chi connectivity index (χ3n) is 4.77. The number of methoxy groups -OCH3 is 2. The molecule has 0 saturated heterocycles. The Hall–Kier alpha value is -3.85. The van der Waals surface area contributed by atoms with Crippen molar-refractivity contribution >= 4 is 44.9 Å². The number of benzene rings is 2. The van der Waals surface area contributed by atoms with Crippen LogP contribution in [0.5, 0.6) is 11.5 Å². The monoisotopic (exact) mass is 451 g/mol. The number of aromatic nitrogens is 2. The normalized spacial score (nSPS) is 10.7. The van der Waals surface area contributed by atoms with Crippen LogP contribution in [-0.2, 0) is 16.1 Å². The number of H-pyrrole nitrogens is 1. The molecule has 0 atom stereocenters. The zero-order valence-corrected chi connectivity index (χ0v) is 18.6. The van der Waals surface area contributed by atoms with Gasteiger partial charge in [0.2, 0.25) is 5.91 Å². The van der Waals surface area contributed by atoms with E-state index in [1.807, 2.05) is 30.3 Å². The zero-order chi connectivity index (χ0) is 22.7. The summed E-state index contributed by atoms with van der Waals surface area (Å²) in [5.74, 6) is 0.546. The average molecular weight is 452 g/mol. The van der Waals surface area contributed by atoms with E-state index < -0.39 is 5.97 Å². The van der Waals surface area contributed by atoms with Gasteiger partial charge in [0.25, 0.3) is 0 Å². The van der Waals surface area contributed by atoms with Gasteiger partial charge in [0.15, 0.2) is 5.13 Å². The van der Waals surface area contributed by atoms with Crippen molar-refractivity contribution in [2.24, 2.45) is 0 Å². The van der Waals surface area contributed by atoms with Gasteiger partial charge in [-0.25, -0.2) is 9.78 Å². The van der Waals surface area contributed by atoms with Crippen molar-refractivity contribution in [2.45, 2.75) is 13.5 Å². The molecule has 2 heterocycles. The minimum absolute atomic E-state index is 0.0221. The molecule has 0 aliphatic rings. The van der Waals surface area contributed by atoms with Gasteiger partial charge >= 0.3 is 5.97 Å². The number of carbonyl (C=O) groups is 2. The first-order chi connectivity index (χ1) is 15.5. The van der Waals surface area contributed by atoms with E-state index in [4.69, 9.17) is 14.2 Å². The fourth-order valence-electron chi connectivity index (χ4n) is 3.25. The van der Waals surface area contributed by atoms with Crippen LogP contribution in [0.3, 0.4) is 0 Å². The number of para-hydroxylation sites is 2. The number of fused-ring (bicyclic) bond motifs is 1. The summed E-state index contributed by atoms with van der Waals surface area (Å²) < 4.78 is 16.0. The maximum Gasteiger partial charge on any atom is 0.355 e. The van der Waals surface area contributed by atoms with Gasteiger partial charge in [-0.1, -0.05) is 12.1 Å². The predicted molar refractivity (Wildman–Crippen MR) is 122 cm³/mol. The molecule has 0 unspecified atom stereocenters. The molecule has 0 aliphatic heterocycles. The summed E-state index contributed by atoms with van der Waals surface area (Å²) in [7, 11) is 3.13. The number of hydrogen-bond donors (Lipinski definition) is 1. The van der Waals surface area contributed by atoms with Gasteiger partial charge in [0.05, 0.1) is 25.6 Å². The lowest BCUT2D eigenvalue weighted by molar-refractivity contribution is -0.115. The second-order valence-electron chi connectivity index (χ2n) is 6.86. The van der Waals surface area contributed by atoms with Crippen LogP contribution in [-0.4, -0.2) is 36.1 Å². The summed E-state index contributed by atoms with van der Waals surface area (Å²) in [5, 5.41) is 3.10. The predicted octanol–water partition coefficient (Wildman–Crippen LogP) is 4.68. The lowest BCUT2D eigenvalue weighted by atomic mass is 10.2. The van der Waals surface area contributed by atoms with E-state index in [0.717, 1.165) is 10.9 Å². The lowest BCUT2D eigenvalue weighted by Gasteiger charge is -2.20. The third kappa shape index (κ3) is 4.28. The number of anilines is 2. The van der Waals surface area contributed by atoms with E-state index >= 15 is 0 Å². The Balaban J connectivity index is 1.49. The van der Waals surface area contributed by atoms with Gasteiger partial charge in [-0.2, -0.15) is 0 Å². The fourth-order valence-corrected chi connectivity index (χ4v) is 4.11. The quantitative estimate of drug-likeness (QED) is 0.410. The second kappa shape index (κ2) is 9.11. The van der Waals surface area contributed by atoms with Crippen molar-refractivity contribution in [3.63, 3.8) is 0 Å². The second-order valence-corrected chi connectivity index (χ2v) is 7.70. The molecule has 0 spiro atoms. The molecule has 0 radical (unpaired) electrons. The van der Waals surface area contributed by atoms with Crippen LogP contribution >= 0.6 is 11.3 Å². The maximum absolute atomic E-state index is 12.5. The largest absolute Gasteiger partial charge is 0.497 e. The number of amides is 1. The van der Waals surface area contributed by atoms with Crippen molar-refractivity contribution in [3.05, 3.63) is 65.3 Å². The topological polar surface area (TPSA) is 93.8 Å². The number of nitrogens with one attached hydrogen (secondary N) is 1. The standard InChI is InChI=1S/C23H21N3O5S/c1-14(27)26(20-6-4-5-7-21(20)30-3)23-24-16(13-32-23)12-31-22(28)19-10-15-8-9-17(29-2)11-18(15)25-19/h4-11,13,25H,12H2,1-3H3. The highest BCUT2D eigenvalue weighted by atomic mass is 32.1. The van der Waals surface area contributed by atoms with Gasteiger partial charge in [0.1, 0.15) is 23.8 Å². The molecule has 4 rings (SSSR count). The van der Waals surface area contributed by atoms with Gasteiger partial charge in [-0.05, 0) is 30.3 Å². The minimum Gasteiger partial charge on any atom is -0.497 e. The molecular weight excluding hydrogens is 430 g/mol. The molecule has 164 valence electrons. The summed E-state index contributed by atoms with van der Waals surface area (Å²) in [6.45, 7) is 1.43. The van der Waals surface area contributed by atoms with Gasteiger partial charge < -0.3 is 19.2 Å². The van der Waals surface area contributed by atoms with Crippen LogP contribution in [0.2, 0.25) is 0 Å². The summed E-state index contributed by atoms with van der Waals surface area (Å²) in [6.07, 6.45) is 0. The third-order valence-corrected chi connectivity index (χ3v) is 5.65. The first kappa shape index (κ1) is 21.4. The molecule has 0 fully saturated rings. The van der Waals surface area contributed by atoms with Crippen LogP contribution in [0.1, 0.15) is 23.1 Å². The van der Waals surface area contributed by atoms with E-state index in [0.29, 0.717) is 33.7 Å². The maximum atomic E-state index is 12.5. The number of esters is 1. The van der Waals surface area contributed by atoms with E-state index in [1.54, 1.807) is 37.8 Å². The summed E-state index contributed by atoms with van der Waals surface area (Å²) >= 11 is 1.28. The molecule has 8 nitrogen and oxygen atoms in total. The summed E-state index contributed by atoms with van der Waals surface area (Å²) in [4.78, 5) is 33.8. The molecule has 2 aromatic heterocycles. The Kier molecular flexibility index (Phi) is 6.09. The molecule has 4 aromatic rings. The Morgan fingerprint density at radius 3 is 2.66 bits per heavy atom. The summed E-state index contributed by atoms with van der Waals surface area (Å²) in [6, 6.07) is 14.4. The highest BCUT2D eigenvalue weighted by molar-refractivity contribution is 7.14. The minimum atomic E-state index is -0.497. The van der Waals surface area contributed by atoms with Crippen molar-refractivity contribution in [1.82, 2.24) is 9.97 Å². The fraction of sp³-hybridized carbons (Fsp3) is 0.174. The van der Waals surface area contributed by atoms with Gasteiger partial charge in [-0.15, -0.1) is 11.3 Å². The number of aromatic amines is 1. The molecule has 0 bridgehead atoms.